The summed E-state index contributed by atoms with van der Waals surface area (Å²) in [5, 5.41) is 43.3. The normalized spacial score (nSPS) is 30.0. The first-order chi connectivity index (χ1) is 30.4. The van der Waals surface area contributed by atoms with Gasteiger partial charge in [0.05, 0.1) is 40.4 Å². The van der Waals surface area contributed by atoms with Crippen molar-refractivity contribution in [1.29, 1.82) is 0 Å². The van der Waals surface area contributed by atoms with E-state index in [2.05, 4.69) is 21.3 Å². The van der Waals surface area contributed by atoms with Crippen LogP contribution in [-0.4, -0.2) is 132 Å². The molecule has 1 saturated heterocycles. The number of aliphatic hydroxyl groups is 3. The molecular weight excluding hydrogens is 837 g/mol. The molecule has 2 unspecified atom stereocenters. The molecule has 3 aliphatic heterocycles. The molecule has 20 nitrogen and oxygen atoms in total. The number of allylic oxidation sites excluding steroid dienone is 3. The van der Waals surface area contributed by atoms with Gasteiger partial charge in [-0.2, -0.15) is 0 Å². The highest BCUT2D eigenvalue weighted by molar-refractivity contribution is 6.26. The number of aliphatic hydroxyl groups excluding tert-OH is 3. The topological polar surface area (TPSA) is 294 Å². The summed E-state index contributed by atoms with van der Waals surface area (Å²) in [6.07, 6.45) is 0.159. The van der Waals surface area contributed by atoms with Crippen molar-refractivity contribution in [3.05, 3.63) is 87.8 Å². The second-order valence-electron chi connectivity index (χ2n) is 16.0. The van der Waals surface area contributed by atoms with Crippen LogP contribution in [0.15, 0.2) is 76.7 Å². The number of carbonyl (C=O) groups excluding carboxylic acids is 7. The molecule has 9 atom stereocenters. The second kappa shape index (κ2) is 21.7. The summed E-state index contributed by atoms with van der Waals surface area (Å²) in [6, 6.07) is 2.99. The van der Waals surface area contributed by atoms with Gasteiger partial charge in [0, 0.05) is 44.8 Å². The maximum Gasteiger partial charge on any atom is 0.411 e. The third-order valence-electron chi connectivity index (χ3n) is 11.3. The van der Waals surface area contributed by atoms with Gasteiger partial charge in [-0.1, -0.05) is 44.2 Å². The first kappa shape index (κ1) is 49.2. The first-order valence-electron chi connectivity index (χ1n) is 20.7. The molecule has 4 aliphatic rings. The fourth-order valence-electron chi connectivity index (χ4n) is 8.07. The van der Waals surface area contributed by atoms with Crippen molar-refractivity contribution >= 4 is 47.1 Å². The van der Waals surface area contributed by atoms with Crippen molar-refractivity contribution in [1.82, 2.24) is 20.9 Å². The molecule has 20 heteroatoms. The number of hydrogen-bond donors (Lipinski definition) is 8. The van der Waals surface area contributed by atoms with Crippen molar-refractivity contribution in [2.24, 2.45) is 17.6 Å². The summed E-state index contributed by atoms with van der Waals surface area (Å²) in [7, 11) is 2.88. The van der Waals surface area contributed by atoms with E-state index >= 15 is 0 Å². The molecular formula is C44H56N6O14. The van der Waals surface area contributed by atoms with E-state index in [9.17, 15) is 48.9 Å². The lowest BCUT2D eigenvalue weighted by molar-refractivity contribution is -0.146. The maximum atomic E-state index is 13.7. The van der Waals surface area contributed by atoms with Gasteiger partial charge in [-0.3, -0.25) is 50.0 Å². The lowest BCUT2D eigenvalue weighted by Gasteiger charge is -2.31. The van der Waals surface area contributed by atoms with Crippen LogP contribution >= 0.6 is 0 Å². The molecule has 1 aromatic carbocycles. The summed E-state index contributed by atoms with van der Waals surface area (Å²) >= 11 is 0. The van der Waals surface area contributed by atoms with Crippen LogP contribution in [0.3, 0.4) is 0 Å². The summed E-state index contributed by atoms with van der Waals surface area (Å²) in [4.78, 5) is 91.6. The fourth-order valence-corrected chi connectivity index (χ4v) is 8.07. The van der Waals surface area contributed by atoms with Gasteiger partial charge in [-0.25, -0.2) is 4.79 Å². The van der Waals surface area contributed by atoms with Gasteiger partial charge in [-0.05, 0) is 62.3 Å². The van der Waals surface area contributed by atoms with Crippen molar-refractivity contribution < 1.29 is 67.8 Å². The molecule has 6 amide bonds. The summed E-state index contributed by atoms with van der Waals surface area (Å²) in [5.74, 6) is -4.92. The number of rotatable bonds is 10. The highest BCUT2D eigenvalue weighted by Crippen LogP contribution is 2.33. The van der Waals surface area contributed by atoms with Crippen LogP contribution in [0.25, 0.3) is 0 Å². The Morgan fingerprint density at radius 2 is 1.77 bits per heavy atom. The highest BCUT2D eigenvalue weighted by atomic mass is 16.6. The van der Waals surface area contributed by atoms with Crippen molar-refractivity contribution in [2.45, 2.75) is 96.4 Å². The van der Waals surface area contributed by atoms with Gasteiger partial charge in [0.2, 0.25) is 24.0 Å². The maximum absolute atomic E-state index is 13.7. The lowest BCUT2D eigenvalue weighted by Crippen LogP contribution is -2.54. The summed E-state index contributed by atoms with van der Waals surface area (Å²) in [5.41, 5.74) is 6.27. The number of ketones is 1. The fraction of sp³-hybridized carbons (Fsp3) is 0.477. The zero-order chi connectivity index (χ0) is 47.0. The Morgan fingerprint density at radius 3 is 2.44 bits per heavy atom. The Bertz CT molecular complexity index is 2180. The minimum Gasteiger partial charge on any atom is -0.447 e. The monoisotopic (exact) mass is 892 g/mol. The van der Waals surface area contributed by atoms with E-state index in [1.54, 1.807) is 32.1 Å². The SMILES string of the molecule is CO[C@H]1/C=C\C=C(/C)C(=O)NC2=CC(=O)C(NCCOC(=O)Nc3cccc4c3C(=O)N([C@@H]3CCC(=O)NC3=O)C4=O)=C(C[C@@H](C)C[C@H](OC)[C@@H](O)[C@@H](C)/C=C(\C)[C@@H]1OC(N)O)C2O. The first-order valence-corrected chi connectivity index (χ1v) is 20.7. The highest BCUT2D eigenvalue weighted by Gasteiger charge is 2.46. The molecule has 0 saturated carbocycles. The van der Waals surface area contributed by atoms with Crippen molar-refractivity contribution in [2.75, 3.05) is 32.7 Å². The number of methoxy groups -OCH3 is 2. The number of piperidine rings is 1. The molecule has 346 valence electrons. The quantitative estimate of drug-likeness (QED) is 0.0702. The number of fused-ring (bicyclic) bond motifs is 3. The molecule has 0 spiro atoms. The average Bonchev–Trinajstić information content (AvgIpc) is 3.50. The third kappa shape index (κ3) is 11.4. The van der Waals surface area contributed by atoms with E-state index in [1.807, 2.05) is 6.92 Å². The smallest absolute Gasteiger partial charge is 0.411 e. The van der Waals surface area contributed by atoms with Gasteiger partial charge in [-0.15, -0.1) is 0 Å². The number of imide groups is 2. The minimum atomic E-state index is -1.65. The molecule has 1 fully saturated rings. The zero-order valence-electron chi connectivity index (χ0n) is 36.4. The number of hydrogen-bond acceptors (Lipinski definition) is 16. The minimum absolute atomic E-state index is 0.00107. The largest absolute Gasteiger partial charge is 0.447 e. The number of carbonyl (C=O) groups is 7. The van der Waals surface area contributed by atoms with Crippen LogP contribution < -0.4 is 27.0 Å². The van der Waals surface area contributed by atoms with Crippen molar-refractivity contribution in [3.8, 4) is 0 Å². The van der Waals surface area contributed by atoms with E-state index in [0.717, 1.165) is 11.0 Å². The molecule has 1 aliphatic carbocycles. The molecule has 5 rings (SSSR count). The van der Waals surface area contributed by atoms with Gasteiger partial charge in [0.1, 0.15) is 31.0 Å². The molecule has 9 N–H and O–H groups in total. The van der Waals surface area contributed by atoms with E-state index in [4.69, 9.17) is 24.7 Å². The number of benzene rings is 1. The van der Waals surface area contributed by atoms with Gasteiger partial charge in [0.15, 0.2) is 0 Å². The van der Waals surface area contributed by atoms with E-state index < -0.39 is 90.3 Å². The molecule has 64 heavy (non-hydrogen) atoms. The van der Waals surface area contributed by atoms with E-state index in [-0.39, 0.29) is 84.1 Å². The van der Waals surface area contributed by atoms with Crippen LogP contribution in [0.2, 0.25) is 0 Å². The molecule has 0 aromatic heterocycles. The van der Waals surface area contributed by atoms with Gasteiger partial charge >= 0.3 is 6.09 Å². The predicted molar refractivity (Wildman–Crippen MR) is 227 cm³/mol. The van der Waals surface area contributed by atoms with Crippen LogP contribution in [-0.2, 0) is 38.1 Å². The number of nitrogens with two attached hydrogens (primary N) is 1. The molecule has 3 heterocycles. The standard InChI is InChI=1S/C44H56N6O14/c1-21-17-26-35(46-15-16-63-44(60)48-27-11-8-10-25-34(27)42(58)50(41(25)57)29-13-14-33(52)49-40(29)56)30(51)20-28(37(26)54)47-39(55)22(2)9-7-12-31(61-5)38(64-43(45)59)24(4)19-23(3)36(53)32(18-21)62-6/h7-12,19-21,23,29,31-32,36-38,43,46,53-54,59H,13-18,45H2,1-6H3,(H,47,55)(H,48,60)(H,49,52,56)/b12-7-,22-9+,24-19+/t21-,23+,29-,31+,32+,36+,37?,38+,43?/m1/s1. The number of amides is 6. The van der Waals surface area contributed by atoms with Crippen LogP contribution in [0.5, 0.6) is 0 Å². The second-order valence-corrected chi connectivity index (χ2v) is 16.0. The number of ether oxygens (including phenoxy) is 4. The van der Waals surface area contributed by atoms with Crippen LogP contribution in [0.4, 0.5) is 10.5 Å². The van der Waals surface area contributed by atoms with E-state index in [0.29, 0.717) is 5.57 Å². The summed E-state index contributed by atoms with van der Waals surface area (Å²) < 4.78 is 22.3. The Labute approximate surface area is 369 Å². The lowest BCUT2D eigenvalue weighted by atomic mass is 9.84. The molecule has 2 bridgehead atoms. The van der Waals surface area contributed by atoms with E-state index in [1.165, 1.54) is 45.4 Å². The predicted octanol–water partition coefficient (Wildman–Crippen LogP) is 0.949. The number of anilines is 1. The van der Waals surface area contributed by atoms with Gasteiger partial charge in [0.25, 0.3) is 17.7 Å². The Morgan fingerprint density at radius 1 is 1.03 bits per heavy atom. The van der Waals surface area contributed by atoms with Crippen LogP contribution in [0, 0.1) is 11.8 Å². The zero-order valence-corrected chi connectivity index (χ0v) is 36.4. The van der Waals surface area contributed by atoms with Crippen molar-refractivity contribution in [3.63, 3.8) is 0 Å². The molecule has 1 aromatic rings. The summed E-state index contributed by atoms with van der Waals surface area (Å²) in [6.45, 7) is 6.44. The van der Waals surface area contributed by atoms with Crippen LogP contribution in [0.1, 0.15) is 74.1 Å². The average molecular weight is 893 g/mol. The Hall–Kier alpha value is -5.87. The third-order valence-corrected chi connectivity index (χ3v) is 11.3. The number of nitrogens with one attached hydrogen (secondary N) is 4. The number of nitrogens with zero attached hydrogens (tertiary/aromatic N) is 1. The Balaban J connectivity index is 1.33. The molecule has 0 radical (unpaired) electrons. The van der Waals surface area contributed by atoms with Gasteiger partial charge < -0.3 is 44.9 Å². The Kier molecular flexibility index (Phi) is 16.6.